The Hall–Kier alpha value is -2.01. The van der Waals surface area contributed by atoms with Gasteiger partial charge in [0, 0.05) is 25.6 Å². The number of carbonyl (C=O) groups is 1. The first-order chi connectivity index (χ1) is 9.25. The van der Waals surface area contributed by atoms with Gasteiger partial charge in [0.2, 0.25) is 0 Å². The van der Waals surface area contributed by atoms with Crippen LogP contribution >= 0.6 is 0 Å². The van der Waals surface area contributed by atoms with Crippen LogP contribution in [-0.2, 0) is 11.3 Å². The molecule has 102 valence electrons. The summed E-state index contributed by atoms with van der Waals surface area (Å²) in [6.45, 7) is 2.52. The normalized spacial score (nSPS) is 14.3. The Morgan fingerprint density at radius 2 is 2.11 bits per heavy atom. The molecule has 5 nitrogen and oxygen atoms in total. The predicted octanol–water partition coefficient (Wildman–Crippen LogP) is 1.58. The highest BCUT2D eigenvalue weighted by atomic mass is 16.5. The molecule has 0 atom stereocenters. The van der Waals surface area contributed by atoms with Crippen molar-refractivity contribution in [1.82, 2.24) is 5.32 Å². The Morgan fingerprint density at radius 1 is 1.32 bits per heavy atom. The lowest BCUT2D eigenvalue weighted by atomic mass is 10.2. The molecule has 1 aliphatic rings. The van der Waals surface area contributed by atoms with Crippen LogP contribution in [0.15, 0.2) is 30.4 Å². The van der Waals surface area contributed by atoms with E-state index in [0.717, 1.165) is 29.6 Å². The van der Waals surface area contributed by atoms with Crippen LogP contribution in [0.25, 0.3) is 0 Å². The Balaban J connectivity index is 1.87. The number of ether oxygens (including phenoxy) is 2. The third-order valence-electron chi connectivity index (χ3n) is 2.66. The van der Waals surface area contributed by atoms with Crippen LogP contribution in [0.1, 0.15) is 12.0 Å². The number of hydrogen-bond donors (Lipinski definition) is 2. The molecule has 0 fully saturated rings. The number of aliphatic carboxylic acids is 1. The van der Waals surface area contributed by atoms with Gasteiger partial charge in [-0.25, -0.2) is 4.79 Å². The number of hydrogen-bond acceptors (Lipinski definition) is 4. The highest BCUT2D eigenvalue weighted by molar-refractivity contribution is 5.79. The number of benzene rings is 1. The van der Waals surface area contributed by atoms with Crippen molar-refractivity contribution < 1.29 is 19.4 Å². The minimum absolute atomic E-state index is 0.515. The summed E-state index contributed by atoms with van der Waals surface area (Å²) >= 11 is 0. The zero-order valence-corrected chi connectivity index (χ0v) is 10.6. The van der Waals surface area contributed by atoms with Crippen LogP contribution in [0.4, 0.5) is 0 Å². The van der Waals surface area contributed by atoms with Gasteiger partial charge in [0.15, 0.2) is 11.5 Å². The standard InChI is InChI=1S/C14H17NO4/c16-14(17)3-1-6-15-10-11-4-5-12-13(9-11)19-8-2-7-18-12/h1,3-5,9,15H,2,6-8,10H2,(H,16,17)/b3-1+. The lowest BCUT2D eigenvalue weighted by Gasteiger charge is -2.09. The first kappa shape index (κ1) is 13.4. The molecular formula is C14H17NO4. The molecule has 0 saturated carbocycles. The monoisotopic (exact) mass is 263 g/mol. The van der Waals surface area contributed by atoms with Crippen molar-refractivity contribution in [3.8, 4) is 11.5 Å². The van der Waals surface area contributed by atoms with E-state index in [1.54, 1.807) is 6.08 Å². The van der Waals surface area contributed by atoms with E-state index in [0.29, 0.717) is 26.3 Å². The highest BCUT2D eigenvalue weighted by Gasteiger charge is 2.10. The molecule has 1 aliphatic heterocycles. The fraction of sp³-hybridized carbons (Fsp3) is 0.357. The minimum Gasteiger partial charge on any atom is -0.490 e. The Morgan fingerprint density at radius 3 is 2.89 bits per heavy atom. The van der Waals surface area contributed by atoms with E-state index in [1.165, 1.54) is 0 Å². The number of fused-ring (bicyclic) bond motifs is 1. The summed E-state index contributed by atoms with van der Waals surface area (Å²) in [7, 11) is 0. The quantitative estimate of drug-likeness (QED) is 0.623. The maximum Gasteiger partial charge on any atom is 0.328 e. The fourth-order valence-electron chi connectivity index (χ4n) is 1.78. The second-order valence-corrected chi connectivity index (χ2v) is 4.20. The summed E-state index contributed by atoms with van der Waals surface area (Å²) in [5.41, 5.74) is 1.08. The van der Waals surface area contributed by atoms with Crippen LogP contribution in [0.3, 0.4) is 0 Å². The zero-order chi connectivity index (χ0) is 13.5. The van der Waals surface area contributed by atoms with Crippen LogP contribution < -0.4 is 14.8 Å². The first-order valence-corrected chi connectivity index (χ1v) is 6.24. The van der Waals surface area contributed by atoms with Gasteiger partial charge in [-0.1, -0.05) is 12.1 Å². The molecule has 0 amide bonds. The van der Waals surface area contributed by atoms with Crippen molar-refractivity contribution in [3.63, 3.8) is 0 Å². The van der Waals surface area contributed by atoms with Gasteiger partial charge in [-0.05, 0) is 17.7 Å². The molecule has 0 radical (unpaired) electrons. The van der Waals surface area contributed by atoms with E-state index in [9.17, 15) is 4.79 Å². The molecule has 0 spiro atoms. The van der Waals surface area contributed by atoms with Crippen molar-refractivity contribution in [2.45, 2.75) is 13.0 Å². The molecule has 0 bridgehead atoms. The molecular weight excluding hydrogens is 246 g/mol. The molecule has 2 rings (SSSR count). The van der Waals surface area contributed by atoms with Gasteiger partial charge in [0.25, 0.3) is 0 Å². The van der Waals surface area contributed by atoms with Crippen molar-refractivity contribution in [1.29, 1.82) is 0 Å². The lowest BCUT2D eigenvalue weighted by Crippen LogP contribution is -2.13. The summed E-state index contributed by atoms with van der Waals surface area (Å²) in [6, 6.07) is 5.83. The maximum atomic E-state index is 10.3. The number of carboxylic acids is 1. The second-order valence-electron chi connectivity index (χ2n) is 4.20. The van der Waals surface area contributed by atoms with Crippen LogP contribution in [0.5, 0.6) is 11.5 Å². The third-order valence-corrected chi connectivity index (χ3v) is 2.66. The molecule has 0 unspecified atom stereocenters. The SMILES string of the molecule is O=C(O)/C=C/CNCc1ccc2c(c1)OCCCO2. The van der Waals surface area contributed by atoms with E-state index >= 15 is 0 Å². The lowest BCUT2D eigenvalue weighted by molar-refractivity contribution is -0.131. The Kier molecular flexibility index (Phi) is 4.80. The maximum absolute atomic E-state index is 10.3. The molecule has 0 saturated heterocycles. The number of carboxylic acid groups (broad SMARTS) is 1. The average molecular weight is 263 g/mol. The highest BCUT2D eigenvalue weighted by Crippen LogP contribution is 2.30. The second kappa shape index (κ2) is 6.80. The molecule has 1 aromatic rings. The summed E-state index contributed by atoms with van der Waals surface area (Å²) < 4.78 is 11.2. The fourth-order valence-corrected chi connectivity index (χ4v) is 1.78. The van der Waals surface area contributed by atoms with E-state index in [4.69, 9.17) is 14.6 Å². The predicted molar refractivity (Wildman–Crippen MR) is 70.5 cm³/mol. The number of nitrogens with one attached hydrogen (secondary N) is 1. The van der Waals surface area contributed by atoms with Crippen molar-refractivity contribution in [2.24, 2.45) is 0 Å². The molecule has 1 aromatic carbocycles. The third kappa shape index (κ3) is 4.30. The van der Waals surface area contributed by atoms with E-state index in [-0.39, 0.29) is 0 Å². The van der Waals surface area contributed by atoms with E-state index in [1.807, 2.05) is 18.2 Å². The molecule has 19 heavy (non-hydrogen) atoms. The van der Waals surface area contributed by atoms with Gasteiger partial charge in [0.1, 0.15) is 0 Å². The Bertz CT molecular complexity index is 471. The minimum atomic E-state index is -0.933. The molecule has 2 N–H and O–H groups in total. The van der Waals surface area contributed by atoms with Gasteiger partial charge in [0.05, 0.1) is 13.2 Å². The van der Waals surface area contributed by atoms with Crippen molar-refractivity contribution in [2.75, 3.05) is 19.8 Å². The van der Waals surface area contributed by atoms with Crippen molar-refractivity contribution >= 4 is 5.97 Å². The van der Waals surface area contributed by atoms with Crippen LogP contribution in [0, 0.1) is 0 Å². The smallest absolute Gasteiger partial charge is 0.328 e. The van der Waals surface area contributed by atoms with E-state index < -0.39 is 5.97 Å². The van der Waals surface area contributed by atoms with Gasteiger partial charge >= 0.3 is 5.97 Å². The molecule has 1 heterocycles. The topological polar surface area (TPSA) is 67.8 Å². The summed E-state index contributed by atoms with van der Waals surface area (Å²) in [5.74, 6) is 0.627. The molecule has 0 aromatic heterocycles. The Labute approximate surface area is 111 Å². The molecule has 0 aliphatic carbocycles. The van der Waals surface area contributed by atoms with Crippen molar-refractivity contribution in [3.05, 3.63) is 35.9 Å². The van der Waals surface area contributed by atoms with Crippen LogP contribution in [-0.4, -0.2) is 30.8 Å². The van der Waals surface area contributed by atoms with Crippen LogP contribution in [0.2, 0.25) is 0 Å². The number of rotatable bonds is 5. The van der Waals surface area contributed by atoms with Gasteiger partial charge < -0.3 is 19.9 Å². The summed E-state index contributed by atoms with van der Waals surface area (Å²) in [5, 5.41) is 11.6. The first-order valence-electron chi connectivity index (χ1n) is 6.24. The van der Waals surface area contributed by atoms with Gasteiger partial charge in [-0.3, -0.25) is 0 Å². The molecule has 5 heteroatoms. The average Bonchev–Trinajstić information content (AvgIpc) is 2.62. The largest absolute Gasteiger partial charge is 0.490 e. The van der Waals surface area contributed by atoms with Gasteiger partial charge in [-0.15, -0.1) is 0 Å². The summed E-state index contributed by atoms with van der Waals surface area (Å²) in [6.07, 6.45) is 3.59. The zero-order valence-electron chi connectivity index (χ0n) is 10.6. The van der Waals surface area contributed by atoms with Gasteiger partial charge in [-0.2, -0.15) is 0 Å². The summed E-state index contributed by atoms with van der Waals surface area (Å²) in [4.78, 5) is 10.3. The van der Waals surface area contributed by atoms with E-state index in [2.05, 4.69) is 5.32 Å².